The predicted octanol–water partition coefficient (Wildman–Crippen LogP) is 2.32. The van der Waals surface area contributed by atoms with Crippen LogP contribution in [0.15, 0.2) is 30.3 Å². The van der Waals surface area contributed by atoms with Gasteiger partial charge in [-0.2, -0.15) is 0 Å². The standard InChI is InChI=1S/C17H15NO3/c19-16-11-4-2-1-3-10(11)14-13-9(5-6-18-15(13)16)7-12-17(14)21-8-20-12/h1-4,7,15-16,18-19H,5-6,8H2/t15-,16-/m0/s1. The zero-order chi connectivity index (χ0) is 14.0. The van der Waals surface area contributed by atoms with Gasteiger partial charge in [0.1, 0.15) is 0 Å². The molecule has 0 radical (unpaired) electrons. The van der Waals surface area contributed by atoms with Crippen LogP contribution in [0.3, 0.4) is 0 Å². The fourth-order valence-electron chi connectivity index (χ4n) is 3.84. The van der Waals surface area contributed by atoms with Gasteiger partial charge in [0.2, 0.25) is 6.79 Å². The van der Waals surface area contributed by atoms with Crippen molar-refractivity contribution in [2.45, 2.75) is 18.6 Å². The Morgan fingerprint density at radius 1 is 1.19 bits per heavy atom. The molecule has 0 saturated carbocycles. The van der Waals surface area contributed by atoms with Crippen molar-refractivity contribution in [2.24, 2.45) is 0 Å². The molecular weight excluding hydrogens is 266 g/mol. The second-order valence-corrected chi connectivity index (χ2v) is 5.77. The Labute approximate surface area is 122 Å². The molecule has 21 heavy (non-hydrogen) atoms. The Kier molecular flexibility index (Phi) is 2.21. The lowest BCUT2D eigenvalue weighted by atomic mass is 9.76. The molecule has 2 aromatic rings. The summed E-state index contributed by atoms with van der Waals surface area (Å²) in [5.41, 5.74) is 5.55. The zero-order valence-electron chi connectivity index (χ0n) is 11.4. The first-order chi connectivity index (χ1) is 10.3. The summed E-state index contributed by atoms with van der Waals surface area (Å²) in [5, 5.41) is 14.2. The number of ether oxygens (including phenoxy) is 2. The Balaban J connectivity index is 1.91. The van der Waals surface area contributed by atoms with E-state index in [0.29, 0.717) is 0 Å². The summed E-state index contributed by atoms with van der Waals surface area (Å²) in [6, 6.07) is 10.0. The Morgan fingerprint density at radius 3 is 3.05 bits per heavy atom. The number of fused-ring (bicyclic) bond motifs is 4. The van der Waals surface area contributed by atoms with E-state index in [2.05, 4.69) is 17.4 Å². The van der Waals surface area contributed by atoms with Crippen LogP contribution in [0, 0.1) is 0 Å². The zero-order valence-corrected chi connectivity index (χ0v) is 11.4. The lowest BCUT2D eigenvalue weighted by Crippen LogP contribution is -2.36. The average molecular weight is 281 g/mol. The van der Waals surface area contributed by atoms with E-state index in [-0.39, 0.29) is 12.8 Å². The maximum Gasteiger partial charge on any atom is 0.231 e. The molecule has 3 aliphatic rings. The van der Waals surface area contributed by atoms with E-state index in [1.165, 1.54) is 11.1 Å². The lowest BCUT2D eigenvalue weighted by molar-refractivity contribution is 0.123. The molecule has 0 unspecified atom stereocenters. The molecule has 0 saturated heterocycles. The lowest BCUT2D eigenvalue weighted by Gasteiger charge is -2.38. The highest BCUT2D eigenvalue weighted by atomic mass is 16.7. The van der Waals surface area contributed by atoms with Gasteiger partial charge in [0.15, 0.2) is 11.5 Å². The highest BCUT2D eigenvalue weighted by Gasteiger charge is 2.39. The van der Waals surface area contributed by atoms with E-state index in [0.717, 1.165) is 41.2 Å². The number of aliphatic hydroxyl groups excluding tert-OH is 1. The first-order valence-electron chi connectivity index (χ1n) is 7.30. The van der Waals surface area contributed by atoms with Crippen LogP contribution in [0.2, 0.25) is 0 Å². The van der Waals surface area contributed by atoms with Crippen molar-refractivity contribution >= 4 is 0 Å². The van der Waals surface area contributed by atoms with Gasteiger partial charge in [-0.25, -0.2) is 0 Å². The van der Waals surface area contributed by atoms with Crippen molar-refractivity contribution in [3.05, 3.63) is 47.0 Å². The second kappa shape index (κ2) is 4.00. The van der Waals surface area contributed by atoms with Gasteiger partial charge >= 0.3 is 0 Å². The molecule has 1 aliphatic carbocycles. The molecule has 0 fully saturated rings. The Hall–Kier alpha value is -2.04. The van der Waals surface area contributed by atoms with E-state index in [1.807, 2.05) is 18.2 Å². The molecule has 0 spiro atoms. The maximum absolute atomic E-state index is 10.7. The molecule has 0 amide bonds. The van der Waals surface area contributed by atoms with Crippen molar-refractivity contribution in [3.8, 4) is 22.6 Å². The van der Waals surface area contributed by atoms with E-state index in [9.17, 15) is 5.11 Å². The monoisotopic (exact) mass is 281 g/mol. The summed E-state index contributed by atoms with van der Waals surface area (Å²) in [6.45, 7) is 1.14. The number of hydrogen-bond acceptors (Lipinski definition) is 4. The van der Waals surface area contributed by atoms with Crippen LogP contribution in [0.5, 0.6) is 11.5 Å². The minimum absolute atomic E-state index is 0.0619. The first-order valence-corrected chi connectivity index (χ1v) is 7.30. The van der Waals surface area contributed by atoms with Crippen LogP contribution in [0.1, 0.15) is 28.8 Å². The van der Waals surface area contributed by atoms with Crippen molar-refractivity contribution < 1.29 is 14.6 Å². The third-order valence-corrected chi connectivity index (χ3v) is 4.72. The fraction of sp³-hybridized carbons (Fsp3) is 0.294. The fourth-order valence-corrected chi connectivity index (χ4v) is 3.84. The summed E-state index contributed by atoms with van der Waals surface area (Å²) in [6.07, 6.45) is 0.429. The summed E-state index contributed by atoms with van der Waals surface area (Å²) < 4.78 is 11.3. The number of hydrogen-bond donors (Lipinski definition) is 2. The molecule has 2 aliphatic heterocycles. The molecular formula is C17H15NO3. The largest absolute Gasteiger partial charge is 0.454 e. The van der Waals surface area contributed by atoms with Crippen LogP contribution < -0.4 is 14.8 Å². The van der Waals surface area contributed by atoms with Gasteiger partial charge in [-0.1, -0.05) is 24.3 Å². The van der Waals surface area contributed by atoms with Crippen LogP contribution in [-0.4, -0.2) is 18.4 Å². The second-order valence-electron chi connectivity index (χ2n) is 5.77. The van der Waals surface area contributed by atoms with Gasteiger partial charge in [0.05, 0.1) is 12.1 Å². The average Bonchev–Trinajstić information content (AvgIpc) is 2.99. The van der Waals surface area contributed by atoms with Crippen LogP contribution in [-0.2, 0) is 6.42 Å². The van der Waals surface area contributed by atoms with Gasteiger partial charge in [-0.3, -0.25) is 0 Å². The maximum atomic E-state index is 10.7. The molecule has 4 heteroatoms. The van der Waals surface area contributed by atoms with Gasteiger partial charge in [-0.05, 0) is 41.3 Å². The van der Waals surface area contributed by atoms with Crippen molar-refractivity contribution in [3.63, 3.8) is 0 Å². The van der Waals surface area contributed by atoms with Crippen LogP contribution in [0.25, 0.3) is 11.1 Å². The first kappa shape index (κ1) is 11.6. The van der Waals surface area contributed by atoms with Crippen LogP contribution in [0.4, 0.5) is 0 Å². The topological polar surface area (TPSA) is 50.7 Å². The number of rotatable bonds is 0. The third kappa shape index (κ3) is 1.41. The summed E-state index contributed by atoms with van der Waals surface area (Å²) in [4.78, 5) is 0. The number of nitrogens with one attached hydrogen (secondary N) is 1. The number of benzene rings is 2. The predicted molar refractivity (Wildman–Crippen MR) is 77.4 cm³/mol. The smallest absolute Gasteiger partial charge is 0.231 e. The minimum atomic E-state index is -0.520. The molecule has 4 nitrogen and oxygen atoms in total. The van der Waals surface area contributed by atoms with Crippen molar-refractivity contribution in [2.75, 3.05) is 13.3 Å². The highest BCUT2D eigenvalue weighted by Crippen LogP contribution is 2.54. The van der Waals surface area contributed by atoms with E-state index in [1.54, 1.807) is 0 Å². The highest BCUT2D eigenvalue weighted by molar-refractivity contribution is 5.84. The molecule has 2 aromatic carbocycles. The molecule has 2 heterocycles. The quantitative estimate of drug-likeness (QED) is 0.778. The van der Waals surface area contributed by atoms with Crippen LogP contribution >= 0.6 is 0 Å². The van der Waals surface area contributed by atoms with Crippen molar-refractivity contribution in [1.29, 1.82) is 0 Å². The van der Waals surface area contributed by atoms with E-state index in [4.69, 9.17) is 9.47 Å². The molecule has 0 aromatic heterocycles. The molecule has 2 atom stereocenters. The third-order valence-electron chi connectivity index (χ3n) is 4.72. The summed E-state index contributed by atoms with van der Waals surface area (Å²) >= 11 is 0. The Morgan fingerprint density at radius 2 is 2.10 bits per heavy atom. The Bertz CT molecular complexity index is 756. The summed E-state index contributed by atoms with van der Waals surface area (Å²) in [7, 11) is 0. The SMILES string of the molecule is O[C@H]1c2ccccc2-c2c3c(cc4c2[C@@H]1NCC4)OCO3. The van der Waals surface area contributed by atoms with Gasteiger partial charge < -0.3 is 19.9 Å². The normalized spacial score (nSPS) is 24.4. The van der Waals surface area contributed by atoms with E-state index >= 15 is 0 Å². The minimum Gasteiger partial charge on any atom is -0.454 e. The van der Waals surface area contributed by atoms with E-state index < -0.39 is 6.10 Å². The van der Waals surface area contributed by atoms with Gasteiger partial charge in [0, 0.05) is 5.56 Å². The van der Waals surface area contributed by atoms with Crippen molar-refractivity contribution in [1.82, 2.24) is 5.32 Å². The summed E-state index contributed by atoms with van der Waals surface area (Å²) in [5.74, 6) is 1.65. The molecule has 2 N–H and O–H groups in total. The van der Waals surface area contributed by atoms with Gasteiger partial charge in [0.25, 0.3) is 0 Å². The van der Waals surface area contributed by atoms with Gasteiger partial charge in [-0.15, -0.1) is 0 Å². The molecule has 5 rings (SSSR count). The number of aliphatic hydroxyl groups is 1. The molecule has 0 bridgehead atoms. The molecule has 106 valence electrons.